The van der Waals surface area contributed by atoms with E-state index in [1.165, 1.54) is 4.90 Å². The van der Waals surface area contributed by atoms with Gasteiger partial charge in [0.05, 0.1) is 12.8 Å². The molecule has 7 nitrogen and oxygen atoms in total. The first-order valence-corrected chi connectivity index (χ1v) is 9.14. The molecule has 0 fully saturated rings. The van der Waals surface area contributed by atoms with Gasteiger partial charge in [-0.05, 0) is 26.0 Å². The summed E-state index contributed by atoms with van der Waals surface area (Å²) in [5, 5.41) is 2.70. The van der Waals surface area contributed by atoms with Crippen molar-refractivity contribution < 1.29 is 17.9 Å². The number of carbonyl (C=O) groups is 1. The molecule has 0 unspecified atom stereocenters. The number of sulfonamides is 1. The minimum absolute atomic E-state index is 0.183. The molecule has 23 heavy (non-hydrogen) atoms. The van der Waals surface area contributed by atoms with Crippen LogP contribution in [0.15, 0.2) is 30.3 Å². The van der Waals surface area contributed by atoms with Gasteiger partial charge in [-0.1, -0.05) is 18.2 Å². The third-order valence-corrected chi connectivity index (χ3v) is 3.85. The molecule has 130 valence electrons. The Hall–Kier alpha value is -1.80. The van der Waals surface area contributed by atoms with Crippen LogP contribution in [0.2, 0.25) is 0 Å². The number of amides is 2. The number of likely N-dealkylation sites (N-methyl/N-ethyl adjacent to an activating group) is 1. The number of nitrogens with one attached hydrogen (secondary N) is 2. The average Bonchev–Trinajstić information content (AvgIpc) is 2.43. The summed E-state index contributed by atoms with van der Waals surface area (Å²) >= 11 is 0. The molecule has 0 aliphatic carbocycles. The number of rotatable bonds is 8. The predicted molar refractivity (Wildman–Crippen MR) is 90.0 cm³/mol. The van der Waals surface area contributed by atoms with E-state index in [4.69, 9.17) is 4.74 Å². The van der Waals surface area contributed by atoms with E-state index in [-0.39, 0.29) is 12.6 Å². The smallest absolute Gasteiger partial charge is 0.317 e. The van der Waals surface area contributed by atoms with E-state index < -0.39 is 15.6 Å². The molecule has 0 bridgehead atoms. The molecule has 0 aliphatic heterocycles. The van der Waals surface area contributed by atoms with Gasteiger partial charge in [0.1, 0.15) is 12.4 Å². The maximum atomic E-state index is 12.0. The second-order valence-corrected chi connectivity index (χ2v) is 7.75. The van der Waals surface area contributed by atoms with Gasteiger partial charge in [0, 0.05) is 19.1 Å². The van der Waals surface area contributed by atoms with Gasteiger partial charge in [-0.25, -0.2) is 17.9 Å². The largest absolute Gasteiger partial charge is 0.492 e. The van der Waals surface area contributed by atoms with E-state index in [9.17, 15) is 13.2 Å². The molecule has 0 saturated carbocycles. The monoisotopic (exact) mass is 343 g/mol. The Labute approximate surface area is 138 Å². The lowest BCUT2D eigenvalue weighted by Gasteiger charge is -2.27. The van der Waals surface area contributed by atoms with Crippen LogP contribution in [0.3, 0.4) is 0 Å². The topological polar surface area (TPSA) is 87.7 Å². The lowest BCUT2D eigenvalue weighted by atomic mass is 10.1. The fourth-order valence-corrected chi connectivity index (χ4v) is 2.96. The maximum Gasteiger partial charge on any atom is 0.317 e. The molecular weight excluding hydrogens is 318 g/mol. The molecule has 2 N–H and O–H groups in total. The minimum Gasteiger partial charge on any atom is -0.492 e. The Morgan fingerprint density at radius 3 is 2.43 bits per heavy atom. The summed E-state index contributed by atoms with van der Waals surface area (Å²) in [6, 6.07) is 9.06. The fourth-order valence-electron chi connectivity index (χ4n) is 1.89. The van der Waals surface area contributed by atoms with Crippen LogP contribution in [0.5, 0.6) is 5.75 Å². The van der Waals surface area contributed by atoms with Crippen molar-refractivity contribution in [3.05, 3.63) is 30.3 Å². The molecule has 0 atom stereocenters. The average molecular weight is 343 g/mol. The van der Waals surface area contributed by atoms with E-state index in [0.717, 1.165) is 12.0 Å². The fraction of sp³-hybridized carbons (Fsp3) is 0.533. The maximum absolute atomic E-state index is 12.0. The number of benzene rings is 1. The summed E-state index contributed by atoms with van der Waals surface area (Å²) in [6.45, 7) is 4.38. The lowest BCUT2D eigenvalue weighted by molar-refractivity contribution is 0.193. The molecular formula is C15H25N3O4S. The van der Waals surface area contributed by atoms with Crippen molar-refractivity contribution in [3.8, 4) is 5.75 Å². The highest BCUT2D eigenvalue weighted by atomic mass is 32.2. The first-order chi connectivity index (χ1) is 10.6. The van der Waals surface area contributed by atoms with Gasteiger partial charge < -0.3 is 15.0 Å². The molecule has 1 rings (SSSR count). The Balaban J connectivity index is 2.33. The molecule has 2 amide bonds. The van der Waals surface area contributed by atoms with Crippen molar-refractivity contribution >= 4 is 16.1 Å². The van der Waals surface area contributed by atoms with Crippen molar-refractivity contribution in [1.29, 1.82) is 0 Å². The van der Waals surface area contributed by atoms with Gasteiger partial charge in [0.2, 0.25) is 10.0 Å². The van der Waals surface area contributed by atoms with E-state index in [1.54, 1.807) is 20.9 Å². The highest BCUT2D eigenvalue weighted by Gasteiger charge is 2.23. The third-order valence-electron chi connectivity index (χ3n) is 2.93. The Bertz CT molecular complexity index is 602. The second kappa shape index (κ2) is 8.16. The van der Waals surface area contributed by atoms with Crippen LogP contribution >= 0.6 is 0 Å². The molecule has 0 saturated heterocycles. The number of carbonyl (C=O) groups excluding carboxylic acids is 1. The third kappa shape index (κ3) is 8.41. The van der Waals surface area contributed by atoms with Crippen LogP contribution < -0.4 is 14.8 Å². The lowest BCUT2D eigenvalue weighted by Crippen LogP contribution is -2.53. The minimum atomic E-state index is -3.33. The van der Waals surface area contributed by atoms with Crippen molar-refractivity contribution in [2.75, 3.05) is 33.0 Å². The standard InChI is InChI=1S/C15H25N3O4S/c1-15(2,17-23(4,20)21)12-16-14(19)18(3)10-11-22-13-8-6-5-7-9-13/h5-9,17H,10-12H2,1-4H3,(H,16,19). The Kier molecular flexibility index (Phi) is 6.83. The number of urea groups is 1. The van der Waals surface area contributed by atoms with Crippen LogP contribution in [0.1, 0.15) is 13.8 Å². The Morgan fingerprint density at radius 2 is 1.87 bits per heavy atom. The Morgan fingerprint density at radius 1 is 1.26 bits per heavy atom. The highest BCUT2D eigenvalue weighted by Crippen LogP contribution is 2.08. The highest BCUT2D eigenvalue weighted by molar-refractivity contribution is 7.88. The molecule has 0 aliphatic rings. The van der Waals surface area contributed by atoms with Gasteiger partial charge in [-0.15, -0.1) is 0 Å². The van der Waals surface area contributed by atoms with Gasteiger partial charge in [0.15, 0.2) is 0 Å². The van der Waals surface area contributed by atoms with Gasteiger partial charge in [-0.2, -0.15) is 0 Å². The second-order valence-electron chi connectivity index (χ2n) is 6.00. The first kappa shape index (κ1) is 19.2. The SMILES string of the molecule is CN(CCOc1ccccc1)C(=O)NCC(C)(C)NS(C)(=O)=O. The van der Waals surface area contributed by atoms with Crippen LogP contribution in [-0.2, 0) is 10.0 Å². The summed E-state index contributed by atoms with van der Waals surface area (Å²) in [5.41, 5.74) is -0.759. The van der Waals surface area contributed by atoms with Gasteiger partial charge >= 0.3 is 6.03 Å². The molecule has 8 heteroatoms. The predicted octanol–water partition coefficient (Wildman–Crippen LogP) is 1.03. The number of para-hydroxylation sites is 1. The zero-order chi connectivity index (χ0) is 17.5. The van der Waals surface area contributed by atoms with Gasteiger partial charge in [0.25, 0.3) is 0 Å². The van der Waals surface area contributed by atoms with Crippen LogP contribution in [0, 0.1) is 0 Å². The quantitative estimate of drug-likeness (QED) is 0.738. The molecule has 0 heterocycles. The molecule has 0 radical (unpaired) electrons. The number of ether oxygens (including phenoxy) is 1. The summed E-state index contributed by atoms with van der Waals surface area (Å²) in [4.78, 5) is 13.5. The first-order valence-electron chi connectivity index (χ1n) is 7.25. The van der Waals surface area contributed by atoms with Gasteiger partial charge in [-0.3, -0.25) is 0 Å². The summed E-state index contributed by atoms with van der Waals surface area (Å²) < 4.78 is 30.5. The van der Waals surface area contributed by atoms with E-state index >= 15 is 0 Å². The number of hydrogen-bond donors (Lipinski definition) is 2. The van der Waals surface area contributed by atoms with Crippen molar-refractivity contribution in [2.45, 2.75) is 19.4 Å². The van der Waals surface area contributed by atoms with Crippen LogP contribution in [0.4, 0.5) is 4.79 Å². The van der Waals surface area contributed by atoms with Crippen LogP contribution in [0.25, 0.3) is 0 Å². The zero-order valence-electron chi connectivity index (χ0n) is 14.0. The van der Waals surface area contributed by atoms with E-state index in [2.05, 4.69) is 10.0 Å². The van der Waals surface area contributed by atoms with Crippen molar-refractivity contribution in [3.63, 3.8) is 0 Å². The van der Waals surface area contributed by atoms with E-state index in [0.29, 0.717) is 13.2 Å². The summed E-state index contributed by atoms with van der Waals surface area (Å²) in [7, 11) is -1.68. The molecule has 1 aromatic carbocycles. The number of nitrogens with zero attached hydrogens (tertiary/aromatic N) is 1. The normalized spacial score (nSPS) is 11.8. The summed E-state index contributed by atoms with van der Waals surface area (Å²) in [6.07, 6.45) is 1.09. The van der Waals surface area contributed by atoms with E-state index in [1.807, 2.05) is 30.3 Å². The van der Waals surface area contributed by atoms with Crippen molar-refractivity contribution in [1.82, 2.24) is 14.9 Å². The molecule has 1 aromatic rings. The molecule has 0 aromatic heterocycles. The number of hydrogen-bond acceptors (Lipinski definition) is 4. The van der Waals surface area contributed by atoms with Crippen LogP contribution in [-0.4, -0.2) is 57.9 Å². The molecule has 0 spiro atoms. The van der Waals surface area contributed by atoms with Crippen molar-refractivity contribution in [2.24, 2.45) is 0 Å². The summed E-state index contributed by atoms with van der Waals surface area (Å²) in [5.74, 6) is 0.750. The zero-order valence-corrected chi connectivity index (χ0v) is 14.8.